The molecule has 152 valence electrons. The lowest BCUT2D eigenvalue weighted by Gasteiger charge is -2.32. The Kier molecular flexibility index (Phi) is 5.84. The molecule has 4 rings (SSSR count). The number of piperidine rings is 1. The largest absolute Gasteiger partial charge is 0.493 e. The molecule has 0 bridgehead atoms. The van der Waals surface area contributed by atoms with Crippen LogP contribution < -0.4 is 10.1 Å². The summed E-state index contributed by atoms with van der Waals surface area (Å²) in [6.45, 7) is 4.04. The summed E-state index contributed by atoms with van der Waals surface area (Å²) in [5, 5.41) is 3.00. The SMILES string of the molecule is Cc1cccc(C(=O)N2CCCC(COc3cccc(C(=O)NC4CC4)c3)C2)c1. The molecule has 1 saturated heterocycles. The highest BCUT2D eigenvalue weighted by Crippen LogP contribution is 2.23. The van der Waals surface area contributed by atoms with Crippen LogP contribution in [0.25, 0.3) is 0 Å². The first-order valence-electron chi connectivity index (χ1n) is 10.5. The van der Waals surface area contributed by atoms with Gasteiger partial charge in [0.05, 0.1) is 6.61 Å². The van der Waals surface area contributed by atoms with Crippen LogP contribution in [0.5, 0.6) is 5.75 Å². The summed E-state index contributed by atoms with van der Waals surface area (Å²) in [5.41, 5.74) is 2.48. The summed E-state index contributed by atoms with van der Waals surface area (Å²) in [6, 6.07) is 15.4. The lowest BCUT2D eigenvalue weighted by Crippen LogP contribution is -2.41. The maximum absolute atomic E-state index is 12.8. The summed E-state index contributed by atoms with van der Waals surface area (Å²) < 4.78 is 5.99. The quantitative estimate of drug-likeness (QED) is 0.813. The Labute approximate surface area is 172 Å². The van der Waals surface area contributed by atoms with E-state index in [0.29, 0.717) is 36.4 Å². The van der Waals surface area contributed by atoms with Crippen LogP contribution >= 0.6 is 0 Å². The van der Waals surface area contributed by atoms with Crippen molar-refractivity contribution in [3.8, 4) is 5.75 Å². The van der Waals surface area contributed by atoms with Gasteiger partial charge in [-0.05, 0) is 62.9 Å². The van der Waals surface area contributed by atoms with Crippen LogP contribution in [0, 0.1) is 12.8 Å². The average molecular weight is 392 g/mol. The Bertz CT molecular complexity index is 891. The van der Waals surface area contributed by atoms with E-state index in [0.717, 1.165) is 43.4 Å². The van der Waals surface area contributed by atoms with Gasteiger partial charge in [-0.3, -0.25) is 9.59 Å². The standard InChI is InChI=1S/C24H28N2O3/c1-17-5-2-8-20(13-17)24(28)26-12-4-6-18(15-26)16-29-22-9-3-7-19(14-22)23(27)25-21-10-11-21/h2-3,5,7-9,13-14,18,21H,4,6,10-12,15-16H2,1H3,(H,25,27). The first-order valence-corrected chi connectivity index (χ1v) is 10.5. The Morgan fingerprint density at radius 2 is 1.86 bits per heavy atom. The van der Waals surface area contributed by atoms with E-state index in [4.69, 9.17) is 4.74 Å². The van der Waals surface area contributed by atoms with Gasteiger partial charge < -0.3 is 15.0 Å². The van der Waals surface area contributed by atoms with Gasteiger partial charge in [0.15, 0.2) is 0 Å². The van der Waals surface area contributed by atoms with Gasteiger partial charge in [-0.25, -0.2) is 0 Å². The van der Waals surface area contributed by atoms with Crippen LogP contribution in [0.15, 0.2) is 48.5 Å². The Balaban J connectivity index is 1.33. The number of rotatable bonds is 6. The minimum absolute atomic E-state index is 0.0365. The molecule has 2 aromatic carbocycles. The third-order valence-electron chi connectivity index (χ3n) is 5.57. The summed E-state index contributed by atoms with van der Waals surface area (Å²) in [6.07, 6.45) is 4.16. The first kappa shape index (κ1) is 19.5. The molecular weight excluding hydrogens is 364 g/mol. The number of nitrogens with zero attached hydrogens (tertiary/aromatic N) is 1. The van der Waals surface area contributed by atoms with Crippen molar-refractivity contribution in [1.29, 1.82) is 0 Å². The number of hydrogen-bond donors (Lipinski definition) is 1. The number of carbonyl (C=O) groups excluding carboxylic acids is 2. The van der Waals surface area contributed by atoms with Crippen molar-refractivity contribution in [2.45, 2.75) is 38.6 Å². The smallest absolute Gasteiger partial charge is 0.253 e. The van der Waals surface area contributed by atoms with Crippen LogP contribution in [0.1, 0.15) is 52.0 Å². The van der Waals surface area contributed by atoms with E-state index in [2.05, 4.69) is 5.32 Å². The number of nitrogens with one attached hydrogen (secondary N) is 1. The van der Waals surface area contributed by atoms with Crippen LogP contribution in [0.2, 0.25) is 0 Å². The number of benzene rings is 2. The molecule has 1 saturated carbocycles. The highest BCUT2D eigenvalue weighted by Gasteiger charge is 2.26. The predicted octanol–water partition coefficient (Wildman–Crippen LogP) is 3.82. The minimum atomic E-state index is -0.0365. The van der Waals surface area contributed by atoms with Crippen LogP contribution in [-0.4, -0.2) is 42.5 Å². The summed E-state index contributed by atoms with van der Waals surface area (Å²) >= 11 is 0. The van der Waals surface area contributed by atoms with E-state index in [1.165, 1.54) is 0 Å². The van der Waals surface area contributed by atoms with Crippen molar-refractivity contribution in [3.63, 3.8) is 0 Å². The van der Waals surface area contributed by atoms with Gasteiger partial charge in [0, 0.05) is 36.2 Å². The molecule has 0 spiro atoms. The molecule has 2 aromatic rings. The van der Waals surface area contributed by atoms with Crippen molar-refractivity contribution in [2.75, 3.05) is 19.7 Å². The molecule has 29 heavy (non-hydrogen) atoms. The molecule has 5 nitrogen and oxygen atoms in total. The van der Waals surface area contributed by atoms with Crippen molar-refractivity contribution >= 4 is 11.8 Å². The lowest BCUT2D eigenvalue weighted by atomic mass is 9.98. The minimum Gasteiger partial charge on any atom is -0.493 e. The molecule has 2 amide bonds. The summed E-state index contributed by atoms with van der Waals surface area (Å²) in [5.74, 6) is 1.06. The molecule has 0 aromatic heterocycles. The molecule has 1 unspecified atom stereocenters. The third-order valence-corrected chi connectivity index (χ3v) is 5.57. The number of amides is 2. The van der Waals surface area contributed by atoms with Crippen molar-refractivity contribution in [2.24, 2.45) is 5.92 Å². The number of aryl methyl sites for hydroxylation is 1. The average Bonchev–Trinajstić information content (AvgIpc) is 3.56. The maximum Gasteiger partial charge on any atom is 0.253 e. The molecule has 1 N–H and O–H groups in total. The van der Waals surface area contributed by atoms with Crippen molar-refractivity contribution in [3.05, 3.63) is 65.2 Å². The van der Waals surface area contributed by atoms with Crippen molar-refractivity contribution < 1.29 is 14.3 Å². The van der Waals surface area contributed by atoms with E-state index in [1.54, 1.807) is 6.07 Å². The van der Waals surface area contributed by atoms with E-state index in [9.17, 15) is 9.59 Å². The summed E-state index contributed by atoms with van der Waals surface area (Å²) in [7, 11) is 0. The van der Waals surface area contributed by atoms with Crippen LogP contribution in [-0.2, 0) is 0 Å². The molecule has 2 fully saturated rings. The Hall–Kier alpha value is -2.82. The predicted molar refractivity (Wildman–Crippen MR) is 112 cm³/mol. The molecule has 5 heteroatoms. The van der Waals surface area contributed by atoms with Crippen molar-refractivity contribution in [1.82, 2.24) is 10.2 Å². The lowest BCUT2D eigenvalue weighted by molar-refractivity contribution is 0.0633. The number of hydrogen-bond acceptors (Lipinski definition) is 3. The molecule has 1 atom stereocenters. The first-order chi connectivity index (χ1) is 14.1. The van der Waals surface area contributed by atoms with Crippen LogP contribution in [0.4, 0.5) is 0 Å². The Morgan fingerprint density at radius 3 is 2.66 bits per heavy atom. The van der Waals surface area contributed by atoms with Gasteiger partial charge in [-0.2, -0.15) is 0 Å². The number of carbonyl (C=O) groups is 2. The topological polar surface area (TPSA) is 58.6 Å². The second kappa shape index (κ2) is 8.68. The van der Waals surface area contributed by atoms with Gasteiger partial charge in [-0.15, -0.1) is 0 Å². The molecule has 1 aliphatic carbocycles. The second-order valence-electron chi connectivity index (χ2n) is 8.22. The highest BCUT2D eigenvalue weighted by atomic mass is 16.5. The van der Waals surface area contributed by atoms with Crippen LogP contribution in [0.3, 0.4) is 0 Å². The zero-order valence-corrected chi connectivity index (χ0v) is 16.9. The Morgan fingerprint density at radius 1 is 1.07 bits per heavy atom. The van der Waals surface area contributed by atoms with Gasteiger partial charge in [0.25, 0.3) is 11.8 Å². The highest BCUT2D eigenvalue weighted by molar-refractivity contribution is 5.95. The van der Waals surface area contributed by atoms with Gasteiger partial charge in [0.1, 0.15) is 5.75 Å². The fourth-order valence-corrected chi connectivity index (χ4v) is 3.78. The maximum atomic E-state index is 12.8. The molecule has 0 radical (unpaired) electrons. The monoisotopic (exact) mass is 392 g/mol. The normalized spacial score (nSPS) is 18.9. The molecule has 1 heterocycles. The molecule has 1 aliphatic heterocycles. The van der Waals surface area contributed by atoms with Gasteiger partial charge >= 0.3 is 0 Å². The molecule has 2 aliphatic rings. The van der Waals surface area contributed by atoms with E-state index in [-0.39, 0.29) is 11.8 Å². The zero-order chi connectivity index (χ0) is 20.2. The second-order valence-corrected chi connectivity index (χ2v) is 8.22. The van der Waals surface area contributed by atoms with E-state index < -0.39 is 0 Å². The van der Waals surface area contributed by atoms with E-state index in [1.807, 2.05) is 54.3 Å². The van der Waals surface area contributed by atoms with E-state index >= 15 is 0 Å². The number of ether oxygens (including phenoxy) is 1. The number of likely N-dealkylation sites (tertiary alicyclic amines) is 1. The fraction of sp³-hybridized carbons (Fsp3) is 0.417. The van der Waals surface area contributed by atoms with Gasteiger partial charge in [0.2, 0.25) is 0 Å². The van der Waals surface area contributed by atoms with Gasteiger partial charge in [-0.1, -0.05) is 23.8 Å². The molecular formula is C24H28N2O3. The summed E-state index contributed by atoms with van der Waals surface area (Å²) in [4.78, 5) is 27.0. The zero-order valence-electron chi connectivity index (χ0n) is 16.9. The fourth-order valence-electron chi connectivity index (χ4n) is 3.78. The third kappa shape index (κ3) is 5.17.